The molecule has 1 aromatic carbocycles. The van der Waals surface area contributed by atoms with Gasteiger partial charge in [-0.25, -0.2) is 0 Å². The number of aliphatic hydroxyl groups is 1. The van der Waals surface area contributed by atoms with Crippen molar-refractivity contribution in [1.82, 2.24) is 4.90 Å². The minimum atomic E-state index is -0.802. The summed E-state index contributed by atoms with van der Waals surface area (Å²) in [6, 6.07) is 5.55. The van der Waals surface area contributed by atoms with Crippen LogP contribution in [0.3, 0.4) is 0 Å². The number of anilines is 2. The first kappa shape index (κ1) is 16.6. The molecule has 0 fully saturated rings. The summed E-state index contributed by atoms with van der Waals surface area (Å²) in [5, 5.41) is 13.5. The van der Waals surface area contributed by atoms with Crippen molar-refractivity contribution < 1.29 is 9.84 Å². The Morgan fingerprint density at radius 1 is 1.40 bits per heavy atom. The monoisotopic (exact) mass is 281 g/mol. The molecular formula is C15H27N3O2. The van der Waals surface area contributed by atoms with Gasteiger partial charge in [-0.05, 0) is 47.0 Å². The molecule has 1 atom stereocenters. The van der Waals surface area contributed by atoms with Crippen molar-refractivity contribution in [2.75, 3.05) is 38.2 Å². The van der Waals surface area contributed by atoms with Gasteiger partial charge in [-0.3, -0.25) is 0 Å². The molecule has 0 aliphatic carbocycles. The van der Waals surface area contributed by atoms with Gasteiger partial charge in [-0.1, -0.05) is 0 Å². The zero-order valence-electron chi connectivity index (χ0n) is 13.1. The molecule has 0 aliphatic heterocycles. The van der Waals surface area contributed by atoms with Crippen LogP contribution in [0.25, 0.3) is 0 Å². The topological polar surface area (TPSA) is 70.8 Å². The highest BCUT2D eigenvalue weighted by Gasteiger charge is 2.21. The molecule has 0 amide bonds. The zero-order valence-corrected chi connectivity index (χ0v) is 13.1. The summed E-state index contributed by atoms with van der Waals surface area (Å²) in [6.07, 6.45) is 0.0735. The third kappa shape index (κ3) is 5.67. The van der Waals surface area contributed by atoms with E-state index >= 15 is 0 Å². The molecule has 5 nitrogen and oxygen atoms in total. The molecule has 1 aromatic rings. The average molecular weight is 281 g/mol. The number of hydrogen-bond acceptors (Lipinski definition) is 5. The fraction of sp³-hybridized carbons (Fsp3) is 0.600. The van der Waals surface area contributed by atoms with Crippen LogP contribution >= 0.6 is 0 Å². The van der Waals surface area contributed by atoms with E-state index in [0.717, 1.165) is 5.69 Å². The number of rotatable bonds is 7. The van der Waals surface area contributed by atoms with Gasteiger partial charge in [-0.15, -0.1) is 0 Å². The smallest absolute Gasteiger partial charge is 0.144 e. The number of nitrogens with one attached hydrogen (secondary N) is 1. The lowest BCUT2D eigenvalue weighted by atomic mass is 10.1. The van der Waals surface area contributed by atoms with Gasteiger partial charge in [0.05, 0.1) is 17.4 Å². The predicted octanol–water partition coefficient (Wildman–Crippen LogP) is 1.78. The number of hydrogen-bond donors (Lipinski definition) is 3. The van der Waals surface area contributed by atoms with Gasteiger partial charge in [0, 0.05) is 24.8 Å². The van der Waals surface area contributed by atoms with E-state index < -0.39 is 5.60 Å². The second kappa shape index (κ2) is 6.81. The Kier molecular flexibility index (Phi) is 5.65. The van der Waals surface area contributed by atoms with Crippen molar-refractivity contribution >= 4 is 11.4 Å². The third-order valence-corrected chi connectivity index (χ3v) is 2.71. The third-order valence-electron chi connectivity index (χ3n) is 2.71. The molecule has 0 aromatic heterocycles. The van der Waals surface area contributed by atoms with Crippen LogP contribution in [0.2, 0.25) is 0 Å². The molecule has 0 spiro atoms. The van der Waals surface area contributed by atoms with E-state index in [1.165, 1.54) is 0 Å². The van der Waals surface area contributed by atoms with Gasteiger partial charge in [0.25, 0.3) is 0 Å². The van der Waals surface area contributed by atoms with Crippen molar-refractivity contribution in [3.8, 4) is 5.75 Å². The summed E-state index contributed by atoms with van der Waals surface area (Å²) in [7, 11) is 3.87. The van der Waals surface area contributed by atoms with Crippen molar-refractivity contribution in [2.24, 2.45) is 0 Å². The molecule has 4 N–H and O–H groups in total. The van der Waals surface area contributed by atoms with Crippen LogP contribution in [-0.2, 0) is 0 Å². The fourth-order valence-corrected chi connectivity index (χ4v) is 2.03. The second-order valence-electron chi connectivity index (χ2n) is 6.01. The summed E-state index contributed by atoms with van der Waals surface area (Å²) in [5.74, 6) is 0.664. The van der Waals surface area contributed by atoms with Crippen LogP contribution < -0.4 is 15.8 Å². The standard InChI is InChI=1S/C15H27N3O2/c1-11(2)20-14-8-12(6-7-13(14)16)17-9-15(3,19)10-18(4)5/h6-8,11,17,19H,9-10,16H2,1-5H3. The fourth-order valence-electron chi connectivity index (χ4n) is 2.03. The van der Waals surface area contributed by atoms with Crippen LogP contribution in [0.15, 0.2) is 18.2 Å². The number of ether oxygens (including phenoxy) is 1. The zero-order chi connectivity index (χ0) is 15.3. The SMILES string of the molecule is CC(C)Oc1cc(NCC(C)(O)CN(C)C)ccc1N. The van der Waals surface area contributed by atoms with E-state index in [2.05, 4.69) is 5.32 Å². The summed E-state index contributed by atoms with van der Waals surface area (Å²) >= 11 is 0. The number of nitrogen functional groups attached to an aromatic ring is 1. The van der Waals surface area contributed by atoms with E-state index in [4.69, 9.17) is 10.5 Å². The number of likely N-dealkylation sites (N-methyl/N-ethyl adjacent to an activating group) is 1. The van der Waals surface area contributed by atoms with E-state index in [-0.39, 0.29) is 6.10 Å². The molecule has 0 radical (unpaired) electrons. The maximum Gasteiger partial charge on any atom is 0.144 e. The number of benzene rings is 1. The van der Waals surface area contributed by atoms with E-state index in [0.29, 0.717) is 24.5 Å². The minimum absolute atomic E-state index is 0.0735. The summed E-state index contributed by atoms with van der Waals surface area (Å²) in [4.78, 5) is 1.96. The maximum absolute atomic E-state index is 10.3. The van der Waals surface area contributed by atoms with Crippen molar-refractivity contribution in [1.29, 1.82) is 0 Å². The lowest BCUT2D eigenvalue weighted by Gasteiger charge is -2.27. The molecule has 0 aliphatic rings. The highest BCUT2D eigenvalue weighted by molar-refractivity contribution is 5.61. The molecule has 0 heterocycles. The first-order valence-electron chi connectivity index (χ1n) is 6.87. The highest BCUT2D eigenvalue weighted by atomic mass is 16.5. The lowest BCUT2D eigenvalue weighted by Crippen LogP contribution is -2.43. The normalized spacial score (nSPS) is 14.4. The molecule has 20 heavy (non-hydrogen) atoms. The van der Waals surface area contributed by atoms with Gasteiger partial charge in [0.1, 0.15) is 5.75 Å². The maximum atomic E-state index is 10.3. The van der Waals surface area contributed by atoms with Gasteiger partial charge in [0.2, 0.25) is 0 Å². The highest BCUT2D eigenvalue weighted by Crippen LogP contribution is 2.26. The summed E-state index contributed by atoms with van der Waals surface area (Å²) in [5.41, 5.74) is 6.57. The summed E-state index contributed by atoms with van der Waals surface area (Å²) < 4.78 is 5.65. The Balaban J connectivity index is 2.69. The van der Waals surface area contributed by atoms with Gasteiger partial charge in [-0.2, -0.15) is 0 Å². The second-order valence-corrected chi connectivity index (χ2v) is 6.01. The molecular weight excluding hydrogens is 254 g/mol. The van der Waals surface area contributed by atoms with Crippen LogP contribution in [0, 0.1) is 0 Å². The summed E-state index contributed by atoms with van der Waals surface area (Å²) in [6.45, 7) is 6.77. The van der Waals surface area contributed by atoms with Gasteiger partial charge in [0.15, 0.2) is 0 Å². The van der Waals surface area contributed by atoms with E-state index in [9.17, 15) is 5.11 Å². The molecule has 0 saturated heterocycles. The lowest BCUT2D eigenvalue weighted by molar-refractivity contribution is 0.0460. The molecule has 114 valence electrons. The van der Waals surface area contributed by atoms with Gasteiger partial charge < -0.3 is 25.8 Å². The Morgan fingerprint density at radius 3 is 2.60 bits per heavy atom. The van der Waals surface area contributed by atoms with Crippen LogP contribution in [0.4, 0.5) is 11.4 Å². The largest absolute Gasteiger partial charge is 0.489 e. The molecule has 0 saturated carbocycles. The van der Waals surface area contributed by atoms with E-state index in [1.807, 2.05) is 51.9 Å². The van der Waals surface area contributed by atoms with Gasteiger partial charge >= 0.3 is 0 Å². The first-order chi connectivity index (χ1) is 9.19. The predicted molar refractivity (Wildman–Crippen MR) is 84.3 cm³/mol. The first-order valence-corrected chi connectivity index (χ1v) is 6.87. The average Bonchev–Trinajstić information content (AvgIpc) is 2.28. The molecule has 1 unspecified atom stereocenters. The van der Waals surface area contributed by atoms with Crippen molar-refractivity contribution in [3.05, 3.63) is 18.2 Å². The van der Waals surface area contributed by atoms with Crippen LogP contribution in [0.1, 0.15) is 20.8 Å². The Labute approximate surface area is 121 Å². The van der Waals surface area contributed by atoms with Crippen LogP contribution in [0.5, 0.6) is 5.75 Å². The van der Waals surface area contributed by atoms with Crippen molar-refractivity contribution in [3.63, 3.8) is 0 Å². The minimum Gasteiger partial charge on any atom is -0.489 e. The Bertz CT molecular complexity index is 431. The molecule has 0 bridgehead atoms. The molecule has 1 rings (SSSR count). The van der Waals surface area contributed by atoms with E-state index in [1.54, 1.807) is 6.07 Å². The Morgan fingerprint density at radius 2 is 2.05 bits per heavy atom. The van der Waals surface area contributed by atoms with Crippen LogP contribution in [-0.4, -0.2) is 48.9 Å². The number of nitrogens with zero attached hydrogens (tertiary/aromatic N) is 1. The quantitative estimate of drug-likeness (QED) is 0.665. The Hall–Kier alpha value is -1.46. The van der Waals surface area contributed by atoms with Crippen molar-refractivity contribution in [2.45, 2.75) is 32.5 Å². The number of nitrogens with two attached hydrogens (primary N) is 1. The molecule has 5 heteroatoms.